The Morgan fingerprint density at radius 1 is 1.02 bits per heavy atom. The van der Waals surface area contributed by atoms with E-state index in [-0.39, 0.29) is 77.7 Å². The Bertz CT molecular complexity index is 2260. The summed E-state index contributed by atoms with van der Waals surface area (Å²) in [5, 5.41) is 5.92. The van der Waals surface area contributed by atoms with Gasteiger partial charge in [-0.05, 0) is 81.0 Å². The van der Waals surface area contributed by atoms with Crippen LogP contribution >= 0.6 is 11.6 Å². The number of carbonyl (C=O) groups excluding carboxylic acids is 4. The summed E-state index contributed by atoms with van der Waals surface area (Å²) in [6, 6.07) is 11.1. The third kappa shape index (κ3) is 7.91. The van der Waals surface area contributed by atoms with Crippen LogP contribution in [0.2, 0.25) is 5.02 Å². The van der Waals surface area contributed by atoms with Crippen molar-refractivity contribution in [1.82, 2.24) is 25.4 Å². The van der Waals surface area contributed by atoms with Crippen molar-refractivity contribution >= 4 is 52.4 Å². The summed E-state index contributed by atoms with van der Waals surface area (Å²) >= 11 is 6.26. The number of anilines is 2. The average molecular weight is 853 g/mol. The molecule has 322 valence electrons. The molecule has 4 amide bonds. The molecule has 1 saturated carbocycles. The van der Waals surface area contributed by atoms with Crippen LogP contribution in [0.4, 0.5) is 21.6 Å². The number of fused-ring (bicyclic) bond motifs is 1. The number of hydrogen-bond donors (Lipinski definition) is 2. The van der Waals surface area contributed by atoms with E-state index >= 15 is 4.39 Å². The minimum Gasteiger partial charge on any atom is -0.489 e. The lowest BCUT2D eigenvalue weighted by atomic mass is 9.49. The molecule has 1 aliphatic carbocycles. The van der Waals surface area contributed by atoms with Gasteiger partial charge in [0.2, 0.25) is 17.5 Å². The number of carbonyl (C=O) groups is 4. The maximum absolute atomic E-state index is 15.8. The number of nitrogens with zero attached hydrogens (tertiary/aromatic N) is 6. The Hall–Kier alpha value is -5.26. The van der Waals surface area contributed by atoms with Crippen LogP contribution in [0, 0.1) is 29.1 Å². The number of halogens is 2. The van der Waals surface area contributed by atoms with Gasteiger partial charge in [0.15, 0.2) is 0 Å². The summed E-state index contributed by atoms with van der Waals surface area (Å²) in [7, 11) is 0. The number of aromatic nitrogens is 1. The molecule has 15 heteroatoms. The number of hydrogen-bond acceptors (Lipinski definition) is 9. The Morgan fingerprint density at radius 3 is 2.34 bits per heavy atom. The predicted octanol–water partition coefficient (Wildman–Crippen LogP) is 6.61. The van der Waals surface area contributed by atoms with Crippen molar-refractivity contribution in [3.63, 3.8) is 0 Å². The first-order valence-corrected chi connectivity index (χ1v) is 21.7. The van der Waals surface area contributed by atoms with Crippen molar-refractivity contribution < 1.29 is 28.3 Å². The number of amides is 4. The Labute approximate surface area is 361 Å². The monoisotopic (exact) mass is 852 g/mol. The maximum atomic E-state index is 15.8. The molecule has 3 saturated heterocycles. The lowest BCUT2D eigenvalue weighted by Gasteiger charge is -2.63. The second-order valence-corrected chi connectivity index (χ2v) is 19.2. The summed E-state index contributed by atoms with van der Waals surface area (Å²) in [5.41, 5.74) is 1.58. The summed E-state index contributed by atoms with van der Waals surface area (Å²) < 4.78 is 22.2. The molecule has 4 aliphatic heterocycles. The molecular weight excluding hydrogens is 799 g/mol. The van der Waals surface area contributed by atoms with Gasteiger partial charge < -0.3 is 24.8 Å². The average Bonchev–Trinajstić information content (AvgIpc) is 3.52. The molecule has 5 aliphatic rings. The highest BCUT2D eigenvalue weighted by atomic mass is 35.5. The third-order valence-corrected chi connectivity index (χ3v) is 14.0. The van der Waals surface area contributed by atoms with Crippen molar-refractivity contribution in [3.8, 4) is 5.75 Å². The van der Waals surface area contributed by atoms with Crippen molar-refractivity contribution in [3.05, 3.63) is 87.6 Å². The molecule has 0 radical (unpaired) electrons. The van der Waals surface area contributed by atoms with Crippen LogP contribution in [0.25, 0.3) is 4.85 Å². The van der Waals surface area contributed by atoms with E-state index in [9.17, 15) is 19.2 Å². The zero-order valence-electron chi connectivity index (χ0n) is 35.6. The SMILES string of the molecule is [C-]#[N+]c1ccc(OC2C(C)(C)C(NC(=O)c3ccc(N4CCC(CN5CC(C)N(c6cc7c(cc6F)C(=O)N(C6CCC(=O)NC6=O)C7)C(C)C5)CC4)nc3)C2(C)C)cc1Cl. The quantitative estimate of drug-likeness (QED) is 0.180. The molecule has 2 aromatic carbocycles. The molecule has 61 heavy (non-hydrogen) atoms. The predicted molar refractivity (Wildman–Crippen MR) is 230 cm³/mol. The molecule has 5 heterocycles. The smallest absolute Gasteiger partial charge is 0.255 e. The lowest BCUT2D eigenvalue weighted by Crippen LogP contribution is -2.74. The van der Waals surface area contributed by atoms with Crippen molar-refractivity contribution in [2.75, 3.05) is 42.5 Å². The highest BCUT2D eigenvalue weighted by Gasteiger charge is 2.64. The fourth-order valence-electron chi connectivity index (χ4n) is 11.0. The highest BCUT2D eigenvalue weighted by molar-refractivity contribution is 6.33. The molecule has 0 bridgehead atoms. The van der Waals surface area contributed by atoms with Crippen LogP contribution in [0.1, 0.15) is 93.5 Å². The van der Waals surface area contributed by atoms with Gasteiger partial charge >= 0.3 is 0 Å². The Balaban J connectivity index is 0.818. The van der Waals surface area contributed by atoms with Gasteiger partial charge in [0.1, 0.15) is 29.5 Å². The van der Waals surface area contributed by atoms with E-state index in [1.807, 2.05) is 12.1 Å². The molecular formula is C46H54ClFN8O5. The summed E-state index contributed by atoms with van der Waals surface area (Å²) in [6.07, 6.45) is 3.91. The van der Waals surface area contributed by atoms with E-state index in [1.165, 1.54) is 11.0 Å². The molecule has 3 atom stereocenters. The molecule has 3 aromatic rings. The summed E-state index contributed by atoms with van der Waals surface area (Å²) in [6.45, 7) is 24.3. The molecule has 2 N–H and O–H groups in total. The minimum absolute atomic E-state index is 0.0326. The van der Waals surface area contributed by atoms with Crippen molar-refractivity contribution in [2.24, 2.45) is 16.7 Å². The highest BCUT2D eigenvalue weighted by Crippen LogP contribution is 2.56. The molecule has 3 unspecified atom stereocenters. The van der Waals surface area contributed by atoms with Crippen LogP contribution in [0.3, 0.4) is 0 Å². The van der Waals surface area contributed by atoms with Crippen LogP contribution in [-0.2, 0) is 16.1 Å². The minimum atomic E-state index is -0.743. The van der Waals surface area contributed by atoms with Crippen LogP contribution in [0.5, 0.6) is 5.75 Å². The van der Waals surface area contributed by atoms with Gasteiger partial charge in [-0.25, -0.2) is 14.2 Å². The topological polar surface area (TPSA) is 132 Å². The normalized spacial score (nSPS) is 26.3. The first kappa shape index (κ1) is 42.4. The number of rotatable bonds is 9. The molecule has 4 fully saturated rings. The summed E-state index contributed by atoms with van der Waals surface area (Å²) in [4.78, 5) is 67.5. The van der Waals surface area contributed by atoms with E-state index in [0.29, 0.717) is 39.2 Å². The first-order valence-electron chi connectivity index (χ1n) is 21.3. The van der Waals surface area contributed by atoms with Gasteiger partial charge in [-0.1, -0.05) is 45.4 Å². The zero-order chi connectivity index (χ0) is 43.5. The second kappa shape index (κ2) is 16.2. The van der Waals surface area contributed by atoms with Gasteiger partial charge in [-0.3, -0.25) is 29.4 Å². The second-order valence-electron chi connectivity index (χ2n) is 18.8. The van der Waals surface area contributed by atoms with Gasteiger partial charge in [0, 0.05) is 86.4 Å². The number of benzene rings is 2. The van der Waals surface area contributed by atoms with E-state index < -0.39 is 17.8 Å². The number of piperidine rings is 2. The van der Waals surface area contributed by atoms with Gasteiger partial charge in [0.05, 0.1) is 22.8 Å². The molecule has 1 aromatic heterocycles. The molecule has 0 spiro atoms. The number of ether oxygens (including phenoxy) is 1. The molecule has 13 nitrogen and oxygen atoms in total. The van der Waals surface area contributed by atoms with Gasteiger partial charge in [-0.2, -0.15) is 0 Å². The Morgan fingerprint density at radius 2 is 1.72 bits per heavy atom. The van der Waals surface area contributed by atoms with Gasteiger partial charge in [-0.15, -0.1) is 0 Å². The fourth-order valence-corrected chi connectivity index (χ4v) is 11.3. The number of imide groups is 1. The fraction of sp³-hybridized carbons (Fsp3) is 0.522. The van der Waals surface area contributed by atoms with Crippen LogP contribution in [0.15, 0.2) is 48.7 Å². The number of nitrogens with one attached hydrogen (secondary N) is 2. The largest absolute Gasteiger partial charge is 0.489 e. The maximum Gasteiger partial charge on any atom is 0.255 e. The van der Waals surface area contributed by atoms with E-state index in [4.69, 9.17) is 27.9 Å². The van der Waals surface area contributed by atoms with Crippen LogP contribution in [-0.4, -0.2) is 101 Å². The number of piperazine rings is 1. The van der Waals surface area contributed by atoms with Gasteiger partial charge in [0.25, 0.3) is 11.8 Å². The lowest BCUT2D eigenvalue weighted by molar-refractivity contribution is -0.164. The number of pyridine rings is 1. The van der Waals surface area contributed by atoms with Crippen LogP contribution < -0.4 is 25.2 Å². The third-order valence-electron chi connectivity index (χ3n) is 13.7. The zero-order valence-corrected chi connectivity index (χ0v) is 36.4. The van der Waals surface area contributed by atoms with E-state index in [2.05, 4.69) is 71.7 Å². The van der Waals surface area contributed by atoms with Crippen molar-refractivity contribution in [2.45, 2.75) is 104 Å². The Kier molecular flexibility index (Phi) is 11.3. The summed E-state index contributed by atoms with van der Waals surface area (Å²) in [5.74, 6) is 0.119. The standard InChI is InChI=1S/C46H54ClFN8O5/c1-26-22-53(23-27(2)56(26)37-18-30-25-55(42(60)32(30)20-34(37)48)36-11-13-39(57)51-41(36)59)24-28-14-16-54(17-15-28)38-12-8-29(21-50-38)40(58)52-43-45(3,4)44(46(43,5)6)61-31-9-10-35(49-7)33(47)19-31/h8-10,12,18-21,26-28,36,43-44H,11,13-17,22-25H2,1-6H3,(H,52,58)(H,51,57,59). The molecule has 8 rings (SSSR count). The van der Waals surface area contributed by atoms with E-state index in [0.717, 1.165) is 51.4 Å². The van der Waals surface area contributed by atoms with Crippen molar-refractivity contribution in [1.29, 1.82) is 0 Å². The first-order chi connectivity index (χ1) is 29.0. The van der Waals surface area contributed by atoms with E-state index in [1.54, 1.807) is 30.5 Å².